The van der Waals surface area contributed by atoms with Crippen molar-refractivity contribution in [2.24, 2.45) is 11.1 Å². The Hall–Kier alpha value is -0.860. The maximum absolute atomic E-state index is 5.89. The number of hydrogen-bond donors (Lipinski definition) is 1. The molecule has 0 atom stereocenters. The van der Waals surface area contributed by atoms with Crippen molar-refractivity contribution in [3.05, 3.63) is 35.4 Å². The van der Waals surface area contributed by atoms with Crippen molar-refractivity contribution in [3.63, 3.8) is 0 Å². The molecule has 1 aromatic carbocycles. The molecule has 2 heteroatoms. The van der Waals surface area contributed by atoms with Crippen LogP contribution in [-0.4, -0.2) is 19.8 Å². The third-order valence-electron chi connectivity index (χ3n) is 4.23. The number of nitrogens with two attached hydrogens (primary N) is 1. The number of ether oxygens (including phenoxy) is 1. The van der Waals surface area contributed by atoms with Crippen LogP contribution in [0, 0.1) is 5.41 Å². The highest BCUT2D eigenvalue weighted by Gasteiger charge is 2.43. The van der Waals surface area contributed by atoms with Crippen LogP contribution < -0.4 is 5.73 Å². The summed E-state index contributed by atoms with van der Waals surface area (Å²) in [5, 5.41) is 0. The van der Waals surface area contributed by atoms with Crippen LogP contribution in [0.15, 0.2) is 24.3 Å². The summed E-state index contributed by atoms with van der Waals surface area (Å²) in [5.41, 5.74) is 9.10. The van der Waals surface area contributed by atoms with E-state index in [1.165, 1.54) is 17.5 Å². The fourth-order valence-electron chi connectivity index (χ4n) is 3.02. The molecule has 1 saturated heterocycles. The largest absolute Gasteiger partial charge is 0.379 e. The number of benzene rings is 1. The molecule has 0 aliphatic carbocycles. The molecule has 1 heterocycles. The molecule has 1 aliphatic rings. The topological polar surface area (TPSA) is 35.2 Å². The predicted octanol–water partition coefficient (Wildman–Crippen LogP) is 3.28. The molecule has 0 unspecified atom stereocenters. The maximum atomic E-state index is 5.89. The fraction of sp³-hybridized carbons (Fsp3) is 0.647. The van der Waals surface area contributed by atoms with Crippen LogP contribution in [-0.2, 0) is 16.6 Å². The van der Waals surface area contributed by atoms with Gasteiger partial charge in [-0.2, -0.15) is 0 Å². The van der Waals surface area contributed by atoms with Crippen molar-refractivity contribution in [2.75, 3.05) is 19.8 Å². The summed E-state index contributed by atoms with van der Waals surface area (Å²) in [5.74, 6) is 0. The molecule has 0 radical (unpaired) electrons. The quantitative estimate of drug-likeness (QED) is 0.853. The second kappa shape index (κ2) is 5.64. The van der Waals surface area contributed by atoms with Crippen molar-refractivity contribution in [1.82, 2.24) is 0 Å². The van der Waals surface area contributed by atoms with Crippen molar-refractivity contribution < 1.29 is 4.74 Å². The van der Waals surface area contributed by atoms with E-state index in [-0.39, 0.29) is 10.8 Å². The van der Waals surface area contributed by atoms with E-state index in [0.29, 0.717) is 0 Å². The highest BCUT2D eigenvalue weighted by Crippen LogP contribution is 2.42. The molecule has 106 valence electrons. The molecule has 1 aromatic rings. The second-order valence-corrected chi connectivity index (χ2v) is 6.77. The van der Waals surface area contributed by atoms with Gasteiger partial charge in [0, 0.05) is 5.41 Å². The minimum absolute atomic E-state index is 0.172. The molecule has 2 N–H and O–H groups in total. The van der Waals surface area contributed by atoms with Crippen LogP contribution in [0.25, 0.3) is 0 Å². The molecular formula is C17H27NO. The summed E-state index contributed by atoms with van der Waals surface area (Å²) < 4.78 is 5.52. The van der Waals surface area contributed by atoms with Gasteiger partial charge in [0.05, 0.1) is 13.2 Å². The average molecular weight is 261 g/mol. The monoisotopic (exact) mass is 261 g/mol. The van der Waals surface area contributed by atoms with Gasteiger partial charge in [0.1, 0.15) is 0 Å². The Kier molecular flexibility index (Phi) is 4.32. The van der Waals surface area contributed by atoms with E-state index in [0.717, 1.165) is 32.6 Å². The van der Waals surface area contributed by atoms with Gasteiger partial charge in [0.15, 0.2) is 0 Å². The summed E-state index contributed by atoms with van der Waals surface area (Å²) >= 11 is 0. The van der Waals surface area contributed by atoms with E-state index in [4.69, 9.17) is 10.5 Å². The lowest BCUT2D eigenvalue weighted by Crippen LogP contribution is -2.50. The molecule has 0 amide bonds. The molecule has 1 aliphatic heterocycles. The third kappa shape index (κ3) is 3.18. The average Bonchev–Trinajstić information content (AvgIpc) is 2.36. The fourth-order valence-corrected chi connectivity index (χ4v) is 3.02. The predicted molar refractivity (Wildman–Crippen MR) is 80.4 cm³/mol. The highest BCUT2D eigenvalue weighted by molar-refractivity contribution is 5.31. The third-order valence-corrected chi connectivity index (χ3v) is 4.23. The SMILES string of the molecule is CCCc1ccc(C2(CC(C)(C)CN)COC2)cc1. The summed E-state index contributed by atoms with van der Waals surface area (Å²) in [6, 6.07) is 9.13. The van der Waals surface area contributed by atoms with Gasteiger partial charge in [-0.3, -0.25) is 0 Å². The smallest absolute Gasteiger partial charge is 0.0585 e. The minimum Gasteiger partial charge on any atom is -0.379 e. The Labute approximate surface area is 117 Å². The van der Waals surface area contributed by atoms with Crippen LogP contribution in [0.4, 0.5) is 0 Å². The summed E-state index contributed by atoms with van der Waals surface area (Å²) in [7, 11) is 0. The van der Waals surface area contributed by atoms with Crippen LogP contribution >= 0.6 is 0 Å². The molecule has 2 nitrogen and oxygen atoms in total. The van der Waals surface area contributed by atoms with Crippen molar-refractivity contribution in [3.8, 4) is 0 Å². The van der Waals surface area contributed by atoms with Gasteiger partial charge in [-0.1, -0.05) is 51.5 Å². The van der Waals surface area contributed by atoms with Crippen molar-refractivity contribution >= 4 is 0 Å². The molecule has 0 bridgehead atoms. The summed E-state index contributed by atoms with van der Waals surface area (Å²) in [4.78, 5) is 0. The molecule has 0 saturated carbocycles. The number of hydrogen-bond acceptors (Lipinski definition) is 2. The van der Waals surface area contributed by atoms with Crippen LogP contribution in [0.5, 0.6) is 0 Å². The zero-order valence-corrected chi connectivity index (χ0v) is 12.5. The summed E-state index contributed by atoms with van der Waals surface area (Å²) in [6.45, 7) is 9.12. The Morgan fingerprint density at radius 3 is 2.26 bits per heavy atom. The zero-order valence-electron chi connectivity index (χ0n) is 12.5. The lowest BCUT2D eigenvalue weighted by Gasteiger charge is -2.46. The maximum Gasteiger partial charge on any atom is 0.0585 e. The van der Waals surface area contributed by atoms with Gasteiger partial charge in [-0.25, -0.2) is 0 Å². The molecule has 0 spiro atoms. The van der Waals surface area contributed by atoms with Gasteiger partial charge in [-0.05, 0) is 35.9 Å². The van der Waals surface area contributed by atoms with Gasteiger partial charge in [0.25, 0.3) is 0 Å². The van der Waals surface area contributed by atoms with E-state index in [2.05, 4.69) is 45.0 Å². The first kappa shape index (κ1) is 14.5. The van der Waals surface area contributed by atoms with Crippen molar-refractivity contribution in [1.29, 1.82) is 0 Å². The first-order valence-corrected chi connectivity index (χ1v) is 7.39. The zero-order chi connectivity index (χ0) is 13.9. The molecule has 19 heavy (non-hydrogen) atoms. The van der Waals surface area contributed by atoms with Gasteiger partial charge < -0.3 is 10.5 Å². The Morgan fingerprint density at radius 2 is 1.84 bits per heavy atom. The van der Waals surface area contributed by atoms with Gasteiger partial charge in [0.2, 0.25) is 0 Å². The molecule has 2 rings (SSSR count). The Bertz CT molecular complexity index is 404. The highest BCUT2D eigenvalue weighted by atomic mass is 16.5. The Balaban J connectivity index is 2.17. The second-order valence-electron chi connectivity index (χ2n) is 6.77. The number of rotatable bonds is 6. The minimum atomic E-state index is 0.172. The van der Waals surface area contributed by atoms with Crippen LogP contribution in [0.1, 0.15) is 44.7 Å². The van der Waals surface area contributed by atoms with Crippen molar-refractivity contribution in [2.45, 2.75) is 45.4 Å². The standard InChI is InChI=1S/C17H27NO/c1-4-5-14-6-8-15(9-7-14)17(12-19-13-17)10-16(2,3)11-18/h6-9H,4-5,10-13,18H2,1-3H3. The molecular weight excluding hydrogens is 234 g/mol. The van der Waals surface area contributed by atoms with Gasteiger partial charge >= 0.3 is 0 Å². The number of aryl methyl sites for hydroxylation is 1. The first-order chi connectivity index (χ1) is 9.01. The van der Waals surface area contributed by atoms with E-state index >= 15 is 0 Å². The molecule has 0 aromatic heterocycles. The van der Waals surface area contributed by atoms with E-state index in [9.17, 15) is 0 Å². The summed E-state index contributed by atoms with van der Waals surface area (Å²) in [6.07, 6.45) is 3.47. The van der Waals surface area contributed by atoms with Crippen LogP contribution in [0.3, 0.4) is 0 Å². The van der Waals surface area contributed by atoms with E-state index in [1.807, 2.05) is 0 Å². The van der Waals surface area contributed by atoms with E-state index < -0.39 is 0 Å². The lowest BCUT2D eigenvalue weighted by molar-refractivity contribution is -0.0786. The normalized spacial score (nSPS) is 18.1. The molecule has 1 fully saturated rings. The first-order valence-electron chi connectivity index (χ1n) is 7.39. The van der Waals surface area contributed by atoms with Gasteiger partial charge in [-0.15, -0.1) is 0 Å². The lowest BCUT2D eigenvalue weighted by atomic mass is 9.67. The Morgan fingerprint density at radius 1 is 1.21 bits per heavy atom. The van der Waals surface area contributed by atoms with Crippen LogP contribution in [0.2, 0.25) is 0 Å². The van der Waals surface area contributed by atoms with E-state index in [1.54, 1.807) is 0 Å².